The molecule has 1 aliphatic heterocycles. The Labute approximate surface area is 172 Å². The lowest BCUT2D eigenvalue weighted by atomic mass is 9.95. The molecule has 0 saturated carbocycles. The Balaban J connectivity index is 1.68. The molecular formula is C21H24O9. The van der Waals surface area contributed by atoms with Crippen molar-refractivity contribution in [3.63, 3.8) is 0 Å². The third-order valence-corrected chi connectivity index (χ3v) is 4.79. The molecule has 9 nitrogen and oxygen atoms in total. The summed E-state index contributed by atoms with van der Waals surface area (Å²) in [4.78, 5) is 12.5. The largest absolute Gasteiger partial charge is 0.508 e. The normalized spacial score (nSPS) is 26.2. The summed E-state index contributed by atoms with van der Waals surface area (Å²) in [5, 5.41) is 48.8. The van der Waals surface area contributed by atoms with E-state index in [4.69, 9.17) is 14.2 Å². The van der Waals surface area contributed by atoms with Crippen molar-refractivity contribution in [3.8, 4) is 11.5 Å². The van der Waals surface area contributed by atoms with E-state index in [1.165, 1.54) is 18.2 Å². The van der Waals surface area contributed by atoms with Crippen LogP contribution in [0.1, 0.15) is 15.9 Å². The molecule has 0 bridgehead atoms. The van der Waals surface area contributed by atoms with Crippen molar-refractivity contribution >= 4 is 5.97 Å². The smallest absolute Gasteiger partial charge is 0.342 e. The van der Waals surface area contributed by atoms with Crippen LogP contribution in [0.3, 0.4) is 0 Å². The van der Waals surface area contributed by atoms with E-state index in [0.717, 1.165) is 5.56 Å². The van der Waals surface area contributed by atoms with E-state index in [9.17, 15) is 30.3 Å². The Bertz CT molecular complexity index is 840. The molecule has 5 N–H and O–H groups in total. The summed E-state index contributed by atoms with van der Waals surface area (Å²) in [6, 6.07) is 12.9. The molecule has 3 rings (SSSR count). The van der Waals surface area contributed by atoms with Gasteiger partial charge in [-0.05, 0) is 23.8 Å². The van der Waals surface area contributed by atoms with Crippen LogP contribution in [-0.2, 0) is 16.1 Å². The highest BCUT2D eigenvalue weighted by molar-refractivity contribution is 5.93. The molecule has 0 aromatic heterocycles. The van der Waals surface area contributed by atoms with Gasteiger partial charge in [0, 0.05) is 0 Å². The van der Waals surface area contributed by atoms with Crippen molar-refractivity contribution in [1.29, 1.82) is 0 Å². The van der Waals surface area contributed by atoms with Crippen molar-refractivity contribution in [1.82, 2.24) is 0 Å². The molecule has 30 heavy (non-hydrogen) atoms. The highest BCUT2D eigenvalue weighted by Gasteiger charge is 2.43. The second-order valence-electron chi connectivity index (χ2n) is 6.92. The fraction of sp³-hybridized carbons (Fsp3) is 0.381. The quantitative estimate of drug-likeness (QED) is 0.390. The highest BCUT2D eigenvalue weighted by atomic mass is 16.6. The zero-order valence-corrected chi connectivity index (χ0v) is 16.0. The van der Waals surface area contributed by atoms with Crippen LogP contribution in [0.2, 0.25) is 0 Å². The number of benzene rings is 2. The second kappa shape index (κ2) is 9.88. The fourth-order valence-electron chi connectivity index (χ4n) is 3.09. The van der Waals surface area contributed by atoms with E-state index in [1.807, 2.05) is 18.2 Å². The second-order valence-corrected chi connectivity index (χ2v) is 6.92. The van der Waals surface area contributed by atoms with Crippen LogP contribution in [-0.4, -0.2) is 75.2 Å². The van der Waals surface area contributed by atoms with E-state index < -0.39 is 43.1 Å². The Morgan fingerprint density at radius 1 is 0.967 bits per heavy atom. The molecule has 1 heterocycles. The first kappa shape index (κ1) is 22.0. The van der Waals surface area contributed by atoms with Crippen LogP contribution in [0.15, 0.2) is 48.5 Å². The van der Waals surface area contributed by atoms with Gasteiger partial charge in [0.1, 0.15) is 60.8 Å². The number of hydrogen-bond acceptors (Lipinski definition) is 9. The fourth-order valence-corrected chi connectivity index (χ4v) is 3.09. The highest BCUT2D eigenvalue weighted by Crippen LogP contribution is 2.27. The van der Waals surface area contributed by atoms with Gasteiger partial charge >= 0.3 is 5.97 Å². The van der Waals surface area contributed by atoms with Crippen molar-refractivity contribution in [3.05, 3.63) is 59.7 Å². The summed E-state index contributed by atoms with van der Waals surface area (Å²) in [5.41, 5.74) is 0.755. The molecule has 2 aromatic rings. The van der Waals surface area contributed by atoms with Crippen LogP contribution in [0.5, 0.6) is 11.5 Å². The molecule has 5 atom stereocenters. The lowest BCUT2D eigenvalue weighted by Crippen LogP contribution is -2.59. The van der Waals surface area contributed by atoms with Gasteiger partial charge in [0.25, 0.3) is 0 Å². The van der Waals surface area contributed by atoms with Crippen LogP contribution in [0.4, 0.5) is 0 Å². The zero-order chi connectivity index (χ0) is 21.7. The van der Waals surface area contributed by atoms with Gasteiger partial charge in [-0.2, -0.15) is 0 Å². The number of aliphatic hydroxyl groups is 4. The first-order valence-electron chi connectivity index (χ1n) is 9.38. The monoisotopic (exact) mass is 420 g/mol. The van der Waals surface area contributed by atoms with Gasteiger partial charge in [-0.1, -0.05) is 30.3 Å². The topological polar surface area (TPSA) is 146 Å². The molecule has 2 aromatic carbocycles. The Hall–Kier alpha value is -2.69. The van der Waals surface area contributed by atoms with Crippen LogP contribution < -0.4 is 4.74 Å². The minimum Gasteiger partial charge on any atom is -0.508 e. The van der Waals surface area contributed by atoms with Crippen molar-refractivity contribution in [2.24, 2.45) is 0 Å². The first-order valence-corrected chi connectivity index (χ1v) is 9.38. The first-order chi connectivity index (χ1) is 14.4. The molecule has 0 radical (unpaired) electrons. The predicted molar refractivity (Wildman–Crippen MR) is 103 cm³/mol. The molecular weight excluding hydrogens is 396 g/mol. The number of ether oxygens (including phenoxy) is 3. The number of aromatic hydroxyl groups is 1. The van der Waals surface area contributed by atoms with Gasteiger partial charge in [-0.25, -0.2) is 4.79 Å². The maximum absolute atomic E-state index is 12.5. The lowest BCUT2D eigenvalue weighted by molar-refractivity contribution is -0.234. The predicted octanol–water partition coefficient (Wildman–Crippen LogP) is -0.0296. The number of phenolic OH excluding ortho intramolecular Hbond substituents is 1. The van der Waals surface area contributed by atoms with Gasteiger partial charge in [0.05, 0.1) is 6.61 Å². The molecule has 9 heteroatoms. The summed E-state index contributed by atoms with van der Waals surface area (Å²) >= 11 is 0. The number of hydrogen-bond donors (Lipinski definition) is 5. The average molecular weight is 420 g/mol. The van der Waals surface area contributed by atoms with Crippen molar-refractivity contribution < 1.29 is 44.5 Å². The van der Waals surface area contributed by atoms with E-state index >= 15 is 0 Å². The standard InChI is InChI=1S/C21H24O9/c22-9-16-18(24)20(26)19(25)17(30-16)11-28-15-7-6-13(23)8-14(15)21(27)29-10-12-4-2-1-3-5-12/h1-8,16-20,22-26H,9-11H2/t16-,17+,18-,19+,20+/m1/s1. The Kier molecular flexibility index (Phi) is 7.24. The molecule has 0 amide bonds. The number of carbonyl (C=O) groups is 1. The van der Waals surface area contributed by atoms with E-state index in [0.29, 0.717) is 0 Å². The molecule has 0 unspecified atom stereocenters. The van der Waals surface area contributed by atoms with Gasteiger partial charge in [-0.3, -0.25) is 0 Å². The number of carbonyl (C=O) groups excluding carboxylic acids is 1. The number of rotatable bonds is 7. The molecule has 0 spiro atoms. The lowest BCUT2D eigenvalue weighted by Gasteiger charge is -2.39. The average Bonchev–Trinajstić information content (AvgIpc) is 2.76. The number of aliphatic hydroxyl groups excluding tert-OH is 4. The Morgan fingerprint density at radius 3 is 2.37 bits per heavy atom. The molecule has 0 aliphatic carbocycles. The van der Waals surface area contributed by atoms with E-state index in [-0.39, 0.29) is 30.3 Å². The van der Waals surface area contributed by atoms with Crippen molar-refractivity contribution in [2.75, 3.05) is 13.2 Å². The SMILES string of the molecule is O=C(OCc1ccccc1)c1cc(O)ccc1OC[C@@H]1O[C@H](CO)[C@@H](O)[C@H](O)[C@H]1O. The minimum atomic E-state index is -1.53. The van der Waals surface area contributed by atoms with Gasteiger partial charge in [0.2, 0.25) is 0 Å². The summed E-state index contributed by atoms with van der Waals surface area (Å²) in [6.45, 7) is -0.815. The maximum atomic E-state index is 12.5. The van der Waals surface area contributed by atoms with Gasteiger partial charge in [-0.15, -0.1) is 0 Å². The summed E-state index contributed by atoms with van der Waals surface area (Å²) in [6.07, 6.45) is -6.60. The molecule has 1 aliphatic rings. The zero-order valence-electron chi connectivity index (χ0n) is 16.0. The minimum absolute atomic E-state index is 0.0292. The third kappa shape index (κ3) is 5.07. The van der Waals surface area contributed by atoms with E-state index in [1.54, 1.807) is 12.1 Å². The van der Waals surface area contributed by atoms with Gasteiger partial charge in [0.15, 0.2) is 0 Å². The molecule has 1 fully saturated rings. The third-order valence-electron chi connectivity index (χ3n) is 4.79. The van der Waals surface area contributed by atoms with E-state index in [2.05, 4.69) is 0 Å². The van der Waals surface area contributed by atoms with Crippen LogP contribution in [0.25, 0.3) is 0 Å². The number of phenols is 1. The molecule has 162 valence electrons. The Morgan fingerprint density at radius 2 is 1.67 bits per heavy atom. The summed E-state index contributed by atoms with van der Waals surface area (Å²) in [5.74, 6) is -0.816. The summed E-state index contributed by atoms with van der Waals surface area (Å²) < 4.78 is 16.2. The molecule has 1 saturated heterocycles. The summed E-state index contributed by atoms with van der Waals surface area (Å²) in [7, 11) is 0. The van der Waals surface area contributed by atoms with Crippen molar-refractivity contribution in [2.45, 2.75) is 37.1 Å². The number of esters is 1. The van der Waals surface area contributed by atoms with Gasteiger partial charge < -0.3 is 39.7 Å². The van der Waals surface area contributed by atoms with Crippen LogP contribution in [0, 0.1) is 0 Å². The maximum Gasteiger partial charge on any atom is 0.342 e. The van der Waals surface area contributed by atoms with Crippen LogP contribution >= 0.6 is 0 Å².